The first kappa shape index (κ1) is 26.2. The molecule has 0 aromatic heterocycles. The molecule has 10 nitrogen and oxygen atoms in total. The Balaban J connectivity index is 4.90. The molecule has 0 heterocycles. The molecule has 28 heavy (non-hydrogen) atoms. The van der Waals surface area contributed by atoms with Crippen LogP contribution < -0.4 is 0 Å². The maximum absolute atomic E-state index is 12.2. The minimum absolute atomic E-state index is 0.111. The van der Waals surface area contributed by atoms with Crippen molar-refractivity contribution in [2.75, 3.05) is 19.8 Å². The Morgan fingerprint density at radius 1 is 0.714 bits per heavy atom. The second-order valence-electron chi connectivity index (χ2n) is 6.88. The van der Waals surface area contributed by atoms with Crippen LogP contribution in [0.2, 0.25) is 0 Å². The molecule has 0 bridgehead atoms. The molecule has 0 aliphatic rings. The number of hydrogen-bond donors (Lipinski definition) is 4. The summed E-state index contributed by atoms with van der Waals surface area (Å²) in [4.78, 5) is 36.1. The molecule has 164 valence electrons. The molecule has 0 amide bonds. The summed E-state index contributed by atoms with van der Waals surface area (Å²) in [5.41, 5.74) is -2.50. The van der Waals surface area contributed by atoms with Crippen LogP contribution in [0.4, 0.5) is 0 Å². The van der Waals surface area contributed by atoms with Gasteiger partial charge in [0.25, 0.3) is 0 Å². The molecule has 3 atom stereocenters. The van der Waals surface area contributed by atoms with E-state index in [-0.39, 0.29) is 39.1 Å². The molecule has 0 saturated heterocycles. The van der Waals surface area contributed by atoms with Crippen LogP contribution in [-0.4, -0.2) is 82.1 Å². The molecule has 0 rings (SSSR count). The molecule has 0 spiro atoms. The standard InChI is InChI=1S/C18H32O10/c1-12(19)4-7-26-15(22)10-18(25,17(24)28-9-6-14(3)21)11-16(23)27-8-5-13(2)20/h12-14,19-21,25H,4-11H2,1-3H3. The van der Waals surface area contributed by atoms with Crippen molar-refractivity contribution in [2.45, 2.75) is 76.8 Å². The van der Waals surface area contributed by atoms with E-state index in [1.54, 1.807) is 0 Å². The zero-order chi connectivity index (χ0) is 21.7. The molecule has 4 N–H and O–H groups in total. The van der Waals surface area contributed by atoms with Crippen molar-refractivity contribution >= 4 is 17.9 Å². The van der Waals surface area contributed by atoms with Gasteiger partial charge < -0.3 is 34.6 Å². The fraction of sp³-hybridized carbons (Fsp3) is 0.833. The van der Waals surface area contributed by atoms with Gasteiger partial charge in [0, 0.05) is 19.3 Å². The first-order valence-corrected chi connectivity index (χ1v) is 9.21. The average Bonchev–Trinajstić information content (AvgIpc) is 2.53. The summed E-state index contributed by atoms with van der Waals surface area (Å²) >= 11 is 0. The molecule has 0 aromatic carbocycles. The Hall–Kier alpha value is -1.75. The molecule has 10 heteroatoms. The van der Waals surface area contributed by atoms with Gasteiger partial charge in [-0.05, 0) is 20.8 Å². The summed E-state index contributed by atoms with van der Waals surface area (Å²) in [6, 6.07) is 0. The van der Waals surface area contributed by atoms with E-state index in [4.69, 9.17) is 24.4 Å². The lowest BCUT2D eigenvalue weighted by molar-refractivity contribution is -0.178. The van der Waals surface area contributed by atoms with Gasteiger partial charge in [0.2, 0.25) is 0 Å². The van der Waals surface area contributed by atoms with Crippen molar-refractivity contribution < 1.29 is 49.0 Å². The van der Waals surface area contributed by atoms with E-state index in [1.807, 2.05) is 0 Å². The number of carbonyl (C=O) groups is 3. The Kier molecular flexibility index (Phi) is 12.6. The van der Waals surface area contributed by atoms with Crippen molar-refractivity contribution in [3.05, 3.63) is 0 Å². The number of aliphatic hydroxyl groups is 4. The van der Waals surface area contributed by atoms with Gasteiger partial charge in [0.1, 0.15) is 0 Å². The number of hydrogen-bond acceptors (Lipinski definition) is 10. The van der Waals surface area contributed by atoms with E-state index in [0.717, 1.165) is 0 Å². The third-order valence-electron chi connectivity index (χ3n) is 3.62. The van der Waals surface area contributed by atoms with E-state index in [0.29, 0.717) is 0 Å². The highest BCUT2D eigenvalue weighted by Gasteiger charge is 2.43. The summed E-state index contributed by atoms with van der Waals surface area (Å²) in [7, 11) is 0. The average molecular weight is 408 g/mol. The number of rotatable bonds is 14. The lowest BCUT2D eigenvalue weighted by Crippen LogP contribution is -2.45. The van der Waals surface area contributed by atoms with Crippen LogP contribution in [0, 0.1) is 0 Å². The Bertz CT molecular complexity index is 459. The van der Waals surface area contributed by atoms with Gasteiger partial charge in [-0.3, -0.25) is 9.59 Å². The van der Waals surface area contributed by atoms with Crippen molar-refractivity contribution in [1.29, 1.82) is 0 Å². The van der Waals surface area contributed by atoms with Crippen LogP contribution in [0.25, 0.3) is 0 Å². The number of carbonyl (C=O) groups excluding carboxylic acids is 3. The van der Waals surface area contributed by atoms with Crippen molar-refractivity contribution in [1.82, 2.24) is 0 Å². The third kappa shape index (κ3) is 12.6. The van der Waals surface area contributed by atoms with Crippen molar-refractivity contribution in [3.63, 3.8) is 0 Å². The van der Waals surface area contributed by atoms with E-state index in [2.05, 4.69) is 0 Å². The molecule has 0 saturated carbocycles. The summed E-state index contributed by atoms with van der Waals surface area (Å²) in [6.07, 6.45) is -3.36. The van der Waals surface area contributed by atoms with Gasteiger partial charge in [-0.2, -0.15) is 0 Å². The quantitative estimate of drug-likeness (QED) is 0.217. The first-order chi connectivity index (χ1) is 13.0. The Labute approximate surface area is 164 Å². The molecular weight excluding hydrogens is 376 g/mol. The minimum Gasteiger partial charge on any atom is -0.465 e. The third-order valence-corrected chi connectivity index (χ3v) is 3.62. The second-order valence-corrected chi connectivity index (χ2v) is 6.88. The van der Waals surface area contributed by atoms with Gasteiger partial charge in [-0.25, -0.2) is 4.79 Å². The highest BCUT2D eigenvalue weighted by Crippen LogP contribution is 2.20. The molecule has 0 aromatic rings. The molecule has 0 aliphatic carbocycles. The number of ether oxygens (including phenoxy) is 3. The summed E-state index contributed by atoms with van der Waals surface area (Å²) in [5.74, 6) is -3.12. The van der Waals surface area contributed by atoms with Crippen LogP contribution in [0.1, 0.15) is 52.9 Å². The van der Waals surface area contributed by atoms with Gasteiger partial charge in [-0.1, -0.05) is 0 Å². The molecule has 0 aliphatic heterocycles. The summed E-state index contributed by atoms with van der Waals surface area (Å²) in [6.45, 7) is 4.04. The first-order valence-electron chi connectivity index (χ1n) is 9.21. The Morgan fingerprint density at radius 2 is 1.04 bits per heavy atom. The Morgan fingerprint density at radius 3 is 1.36 bits per heavy atom. The summed E-state index contributed by atoms with van der Waals surface area (Å²) in [5, 5.41) is 38.1. The van der Waals surface area contributed by atoms with E-state index in [9.17, 15) is 24.6 Å². The van der Waals surface area contributed by atoms with Gasteiger partial charge in [0.15, 0.2) is 5.60 Å². The van der Waals surface area contributed by atoms with Crippen LogP contribution in [0.15, 0.2) is 0 Å². The van der Waals surface area contributed by atoms with E-state index >= 15 is 0 Å². The maximum atomic E-state index is 12.2. The SMILES string of the molecule is CC(O)CCOC(=O)CC(O)(CC(=O)OCCC(C)O)C(=O)OCCC(C)O. The minimum atomic E-state index is -2.50. The normalized spacial score (nSPS) is 16.4. The lowest BCUT2D eigenvalue weighted by atomic mass is 9.95. The monoisotopic (exact) mass is 408 g/mol. The van der Waals surface area contributed by atoms with Crippen molar-refractivity contribution in [2.24, 2.45) is 0 Å². The topological polar surface area (TPSA) is 160 Å². The van der Waals surface area contributed by atoms with Crippen LogP contribution in [0.5, 0.6) is 0 Å². The van der Waals surface area contributed by atoms with E-state index < -0.39 is 54.7 Å². The zero-order valence-electron chi connectivity index (χ0n) is 16.6. The van der Waals surface area contributed by atoms with Crippen LogP contribution >= 0.6 is 0 Å². The second kappa shape index (κ2) is 13.4. The summed E-state index contributed by atoms with van der Waals surface area (Å²) < 4.78 is 14.5. The van der Waals surface area contributed by atoms with Gasteiger partial charge in [-0.15, -0.1) is 0 Å². The molecule has 0 fully saturated rings. The predicted molar refractivity (Wildman–Crippen MR) is 96.0 cm³/mol. The molecule has 0 radical (unpaired) electrons. The zero-order valence-corrected chi connectivity index (χ0v) is 16.6. The number of aliphatic hydroxyl groups excluding tert-OH is 3. The molecule has 3 unspecified atom stereocenters. The van der Waals surface area contributed by atoms with Crippen LogP contribution in [-0.2, 0) is 28.6 Å². The predicted octanol–water partition coefficient (Wildman–Crippen LogP) is -0.560. The smallest absolute Gasteiger partial charge is 0.339 e. The lowest BCUT2D eigenvalue weighted by Gasteiger charge is -2.24. The van der Waals surface area contributed by atoms with Gasteiger partial charge >= 0.3 is 17.9 Å². The van der Waals surface area contributed by atoms with E-state index in [1.165, 1.54) is 20.8 Å². The largest absolute Gasteiger partial charge is 0.465 e. The highest BCUT2D eigenvalue weighted by atomic mass is 16.6. The highest BCUT2D eigenvalue weighted by molar-refractivity contribution is 5.90. The van der Waals surface area contributed by atoms with Gasteiger partial charge in [0.05, 0.1) is 51.0 Å². The fourth-order valence-corrected chi connectivity index (χ4v) is 1.93. The van der Waals surface area contributed by atoms with Crippen LogP contribution in [0.3, 0.4) is 0 Å². The number of esters is 3. The maximum Gasteiger partial charge on any atom is 0.339 e. The van der Waals surface area contributed by atoms with Crippen molar-refractivity contribution in [3.8, 4) is 0 Å². The fourth-order valence-electron chi connectivity index (χ4n) is 1.93. The molecular formula is C18H32O10.